The number of amides is 1. The average Bonchev–Trinajstić information content (AvgIpc) is 3.16. The number of nitrogens with zero attached hydrogens (tertiary/aromatic N) is 1. The maximum absolute atomic E-state index is 13.7. The van der Waals surface area contributed by atoms with E-state index in [2.05, 4.69) is 41.0 Å². The summed E-state index contributed by atoms with van der Waals surface area (Å²) in [6, 6.07) is 40.2. The fourth-order valence-corrected chi connectivity index (χ4v) is 7.75. The third-order valence-corrected chi connectivity index (χ3v) is 11.1. The van der Waals surface area contributed by atoms with Gasteiger partial charge >= 0.3 is 0 Å². The molecule has 5 aromatic carbocycles. The summed E-state index contributed by atoms with van der Waals surface area (Å²) in [5.41, 5.74) is 6.09. The van der Waals surface area contributed by atoms with E-state index in [1.807, 2.05) is 91.9 Å². The third-order valence-electron chi connectivity index (χ3n) is 9.59. The van der Waals surface area contributed by atoms with Crippen LogP contribution in [0.1, 0.15) is 52.7 Å². The van der Waals surface area contributed by atoms with Crippen molar-refractivity contribution in [1.29, 1.82) is 0 Å². The van der Waals surface area contributed by atoms with Gasteiger partial charge in [0.2, 0.25) is 15.9 Å². The van der Waals surface area contributed by atoms with E-state index >= 15 is 0 Å². The summed E-state index contributed by atoms with van der Waals surface area (Å²) in [6.45, 7) is 5.44. The SMILES string of the molecule is Cc1ccc(S(=O)(=O)N[C@H](Cc2ccccc2)C(=O)Nc2ccc([C@H]3O[C@@H](CN(C)Cc4ccccc4)[C@@H](C)[C@@H](c4ccc(CO)cc4)O3)cc2)cc1. The summed E-state index contributed by atoms with van der Waals surface area (Å²) < 4.78 is 42.6. The molecule has 1 saturated heterocycles. The van der Waals surface area contributed by atoms with Gasteiger partial charge in [0.1, 0.15) is 6.04 Å². The fraction of sp³-hybridized carbons (Fsp3) is 0.279. The molecule has 10 heteroatoms. The standard InChI is InChI=1S/C43H47N3O6S/c1-30-14-24-38(25-15-30)53(49,50)45-39(26-32-10-6-4-7-11-32)42(48)44-37-22-20-36(21-23-37)43-51-40(28-46(3)27-33-12-8-5-9-13-33)31(2)41(52-43)35-18-16-34(29-47)17-19-35/h4-25,31,39-41,43,45,47H,26-29H2,1-3H3,(H,44,48)/t31-,39-,40+,41+,43+/m1/s1. The molecular formula is C43H47N3O6S. The zero-order valence-electron chi connectivity index (χ0n) is 30.3. The minimum Gasteiger partial charge on any atom is -0.392 e. The lowest BCUT2D eigenvalue weighted by molar-refractivity contribution is -0.276. The largest absolute Gasteiger partial charge is 0.392 e. The Balaban J connectivity index is 1.19. The van der Waals surface area contributed by atoms with Gasteiger partial charge in [0.25, 0.3) is 0 Å². The van der Waals surface area contributed by atoms with Crippen LogP contribution in [0.2, 0.25) is 0 Å². The number of sulfonamides is 1. The number of hydrogen-bond acceptors (Lipinski definition) is 7. The van der Waals surface area contributed by atoms with Gasteiger partial charge in [0.05, 0.1) is 23.7 Å². The van der Waals surface area contributed by atoms with Gasteiger partial charge in [-0.15, -0.1) is 0 Å². The Kier molecular flexibility index (Phi) is 12.5. The Hall–Kier alpha value is -4.68. The molecule has 0 bridgehead atoms. The van der Waals surface area contributed by atoms with Crippen LogP contribution in [0.25, 0.3) is 0 Å². The minimum absolute atomic E-state index is 0.0215. The Morgan fingerprint density at radius 1 is 0.774 bits per heavy atom. The summed E-state index contributed by atoms with van der Waals surface area (Å²) >= 11 is 0. The molecule has 0 aromatic heterocycles. The zero-order valence-corrected chi connectivity index (χ0v) is 31.1. The molecule has 1 aliphatic rings. The monoisotopic (exact) mass is 733 g/mol. The number of hydrogen-bond donors (Lipinski definition) is 3. The lowest BCUT2D eigenvalue weighted by atomic mass is 9.90. The average molecular weight is 734 g/mol. The first-order valence-electron chi connectivity index (χ1n) is 17.8. The molecule has 1 heterocycles. The van der Waals surface area contributed by atoms with Crippen LogP contribution in [0.3, 0.4) is 0 Å². The quantitative estimate of drug-likeness (QED) is 0.113. The number of carbonyl (C=O) groups excluding carboxylic acids is 1. The molecule has 1 amide bonds. The van der Waals surface area contributed by atoms with Crippen molar-refractivity contribution in [3.63, 3.8) is 0 Å². The number of nitrogens with one attached hydrogen (secondary N) is 2. The van der Waals surface area contributed by atoms with Crippen molar-refractivity contribution in [1.82, 2.24) is 9.62 Å². The molecule has 5 aromatic rings. The van der Waals surface area contributed by atoms with Crippen molar-refractivity contribution in [2.45, 2.75) is 62.9 Å². The number of ether oxygens (including phenoxy) is 2. The van der Waals surface area contributed by atoms with Gasteiger partial charge in [0, 0.05) is 30.3 Å². The van der Waals surface area contributed by atoms with Crippen molar-refractivity contribution < 1.29 is 27.8 Å². The predicted octanol–water partition coefficient (Wildman–Crippen LogP) is 6.94. The Labute approximate surface area is 312 Å². The predicted molar refractivity (Wildman–Crippen MR) is 206 cm³/mol. The van der Waals surface area contributed by atoms with Gasteiger partial charge in [-0.3, -0.25) is 9.69 Å². The Morgan fingerprint density at radius 3 is 2.00 bits per heavy atom. The summed E-state index contributed by atoms with van der Waals surface area (Å²) in [4.78, 5) is 16.1. The summed E-state index contributed by atoms with van der Waals surface area (Å²) in [7, 11) is -1.90. The maximum Gasteiger partial charge on any atom is 0.242 e. The van der Waals surface area contributed by atoms with Crippen molar-refractivity contribution >= 4 is 21.6 Å². The van der Waals surface area contributed by atoms with Gasteiger partial charge < -0.3 is 19.9 Å². The molecule has 5 atom stereocenters. The lowest BCUT2D eigenvalue weighted by Crippen LogP contribution is -2.45. The van der Waals surface area contributed by atoms with E-state index in [0.29, 0.717) is 12.2 Å². The summed E-state index contributed by atoms with van der Waals surface area (Å²) in [5, 5.41) is 12.5. The molecule has 0 aliphatic carbocycles. The molecule has 9 nitrogen and oxygen atoms in total. The number of aryl methyl sites for hydroxylation is 1. The number of carbonyl (C=O) groups is 1. The molecule has 0 saturated carbocycles. The molecule has 276 valence electrons. The van der Waals surface area contributed by atoms with E-state index in [9.17, 15) is 18.3 Å². The van der Waals surface area contributed by atoms with Crippen LogP contribution in [0.5, 0.6) is 0 Å². The highest BCUT2D eigenvalue weighted by molar-refractivity contribution is 7.89. The molecule has 1 aliphatic heterocycles. The second-order valence-electron chi connectivity index (χ2n) is 13.8. The smallest absolute Gasteiger partial charge is 0.242 e. The topological polar surface area (TPSA) is 117 Å². The first kappa shape index (κ1) is 38.1. The van der Waals surface area contributed by atoms with Gasteiger partial charge in [0.15, 0.2) is 6.29 Å². The molecule has 0 radical (unpaired) electrons. The van der Waals surface area contributed by atoms with E-state index in [1.165, 1.54) is 17.7 Å². The first-order valence-corrected chi connectivity index (χ1v) is 19.3. The highest BCUT2D eigenvalue weighted by Crippen LogP contribution is 2.42. The van der Waals surface area contributed by atoms with Crippen molar-refractivity contribution in [2.24, 2.45) is 5.92 Å². The Morgan fingerprint density at radius 2 is 1.38 bits per heavy atom. The Bertz CT molecular complexity index is 2030. The molecule has 53 heavy (non-hydrogen) atoms. The number of aliphatic hydroxyl groups is 1. The van der Waals surface area contributed by atoms with Crippen LogP contribution in [0.15, 0.2) is 138 Å². The van der Waals surface area contributed by atoms with E-state index in [4.69, 9.17) is 9.47 Å². The number of rotatable bonds is 14. The maximum atomic E-state index is 13.7. The third kappa shape index (κ3) is 10.1. The van der Waals surface area contributed by atoms with E-state index in [1.54, 1.807) is 24.3 Å². The van der Waals surface area contributed by atoms with Crippen LogP contribution in [0.4, 0.5) is 5.69 Å². The van der Waals surface area contributed by atoms with Crippen molar-refractivity contribution in [2.75, 3.05) is 18.9 Å². The van der Waals surface area contributed by atoms with Gasteiger partial charge in [-0.25, -0.2) is 8.42 Å². The van der Waals surface area contributed by atoms with Crippen molar-refractivity contribution in [3.8, 4) is 0 Å². The lowest BCUT2D eigenvalue weighted by Gasteiger charge is -2.42. The van der Waals surface area contributed by atoms with Crippen LogP contribution in [-0.2, 0) is 43.9 Å². The summed E-state index contributed by atoms with van der Waals surface area (Å²) in [5.74, 6) is -0.461. The molecule has 3 N–H and O–H groups in total. The van der Waals surface area contributed by atoms with Crippen LogP contribution >= 0.6 is 0 Å². The number of aliphatic hydroxyl groups excluding tert-OH is 1. The molecule has 0 spiro atoms. The second-order valence-corrected chi connectivity index (χ2v) is 15.5. The van der Waals surface area contributed by atoms with Crippen LogP contribution < -0.4 is 10.0 Å². The first-order chi connectivity index (χ1) is 25.6. The molecule has 0 unspecified atom stereocenters. The highest BCUT2D eigenvalue weighted by atomic mass is 32.2. The van der Waals surface area contributed by atoms with Crippen molar-refractivity contribution in [3.05, 3.63) is 167 Å². The van der Waals surface area contributed by atoms with Gasteiger partial charge in [-0.05, 0) is 66.9 Å². The van der Waals surface area contributed by atoms with Gasteiger partial charge in [-0.1, -0.05) is 122 Å². The van der Waals surface area contributed by atoms with E-state index in [0.717, 1.165) is 34.4 Å². The van der Waals surface area contributed by atoms with Crippen LogP contribution in [-0.4, -0.2) is 50.1 Å². The van der Waals surface area contributed by atoms with E-state index in [-0.39, 0.29) is 36.0 Å². The molecule has 6 rings (SSSR count). The van der Waals surface area contributed by atoms with E-state index < -0.39 is 28.3 Å². The van der Waals surface area contributed by atoms with Crippen LogP contribution in [0, 0.1) is 12.8 Å². The number of benzene rings is 5. The number of likely N-dealkylation sites (N-methyl/N-ethyl adjacent to an activating group) is 1. The van der Waals surface area contributed by atoms with Gasteiger partial charge in [-0.2, -0.15) is 4.72 Å². The molecular weight excluding hydrogens is 687 g/mol. The second kappa shape index (κ2) is 17.4. The minimum atomic E-state index is -3.98. The summed E-state index contributed by atoms with van der Waals surface area (Å²) in [6.07, 6.45) is -0.944. The zero-order chi connectivity index (χ0) is 37.4. The molecule has 1 fully saturated rings. The fourth-order valence-electron chi connectivity index (χ4n) is 6.56. The normalized spacial score (nSPS) is 19.5. The number of anilines is 1. The highest BCUT2D eigenvalue weighted by Gasteiger charge is 2.39.